The number of benzene rings is 1. The Hall–Kier alpha value is -2.22. The van der Waals surface area contributed by atoms with E-state index in [-0.39, 0.29) is 23.5 Å². The van der Waals surface area contributed by atoms with Crippen molar-refractivity contribution in [2.24, 2.45) is 7.05 Å². The summed E-state index contributed by atoms with van der Waals surface area (Å²) in [6, 6.07) is 10.5. The summed E-state index contributed by atoms with van der Waals surface area (Å²) in [6.07, 6.45) is 5.96. The first-order valence-electron chi connectivity index (χ1n) is 11.8. The van der Waals surface area contributed by atoms with Gasteiger partial charge in [0, 0.05) is 44.3 Å². The Bertz CT molecular complexity index is 907. The van der Waals surface area contributed by atoms with Crippen LogP contribution in [-0.2, 0) is 12.5 Å². The summed E-state index contributed by atoms with van der Waals surface area (Å²) in [5.41, 5.74) is 2.32. The highest BCUT2D eigenvalue weighted by atomic mass is 16.3. The molecule has 32 heavy (non-hydrogen) atoms. The second-order valence-corrected chi connectivity index (χ2v) is 9.61. The summed E-state index contributed by atoms with van der Waals surface area (Å²) in [7, 11) is 1.82. The van der Waals surface area contributed by atoms with Crippen LogP contribution in [0.5, 0.6) is 0 Å². The molecule has 2 fully saturated rings. The summed E-state index contributed by atoms with van der Waals surface area (Å²) < 4.78 is 1.67. The quantitative estimate of drug-likeness (QED) is 0.620. The number of aromatic nitrogens is 2. The van der Waals surface area contributed by atoms with E-state index < -0.39 is 6.10 Å². The molecule has 0 radical (unpaired) electrons. The predicted molar refractivity (Wildman–Crippen MR) is 123 cm³/mol. The zero-order valence-electron chi connectivity index (χ0n) is 19.2. The lowest BCUT2D eigenvalue weighted by Gasteiger charge is -2.38. The number of nitrogens with zero attached hydrogens (tertiary/aromatic N) is 3. The number of rotatable bonds is 5. The van der Waals surface area contributed by atoms with E-state index in [2.05, 4.69) is 39.6 Å². The molecule has 2 heterocycles. The van der Waals surface area contributed by atoms with Gasteiger partial charge >= 0.3 is 0 Å². The lowest BCUT2D eigenvalue weighted by Crippen LogP contribution is -2.48. The van der Waals surface area contributed by atoms with E-state index in [1.54, 1.807) is 10.9 Å². The third-order valence-corrected chi connectivity index (χ3v) is 7.48. The first-order chi connectivity index (χ1) is 15.4. The molecule has 0 bridgehead atoms. The fraction of sp³-hybridized carbons (Fsp3) is 0.600. The van der Waals surface area contributed by atoms with Crippen LogP contribution in [0.1, 0.15) is 60.1 Å². The Morgan fingerprint density at radius 3 is 2.47 bits per heavy atom. The van der Waals surface area contributed by atoms with Crippen LogP contribution in [-0.4, -0.2) is 68.7 Å². The van der Waals surface area contributed by atoms with Crippen LogP contribution in [0.3, 0.4) is 0 Å². The Morgan fingerprint density at radius 2 is 1.81 bits per heavy atom. The van der Waals surface area contributed by atoms with E-state index in [4.69, 9.17) is 0 Å². The topological polar surface area (TPSA) is 90.6 Å². The van der Waals surface area contributed by atoms with Crippen molar-refractivity contribution >= 4 is 5.91 Å². The largest absolute Gasteiger partial charge is 0.393 e. The average molecular weight is 441 g/mol. The number of carbonyl (C=O) groups is 1. The molecule has 1 aliphatic carbocycles. The summed E-state index contributed by atoms with van der Waals surface area (Å²) in [4.78, 5) is 15.3. The number of aliphatic hydroxyl groups is 2. The number of likely N-dealkylation sites (tertiary alicyclic amines) is 1. The minimum atomic E-state index is -0.396. The fourth-order valence-corrected chi connectivity index (χ4v) is 5.53. The number of hydrogen-bond donors (Lipinski definition) is 3. The first-order valence-corrected chi connectivity index (χ1v) is 11.8. The van der Waals surface area contributed by atoms with Gasteiger partial charge in [-0.05, 0) is 51.0 Å². The van der Waals surface area contributed by atoms with Crippen molar-refractivity contribution < 1.29 is 15.0 Å². The van der Waals surface area contributed by atoms with Gasteiger partial charge in [-0.1, -0.05) is 30.3 Å². The van der Waals surface area contributed by atoms with Crippen LogP contribution >= 0.6 is 0 Å². The molecule has 1 aliphatic heterocycles. The minimum absolute atomic E-state index is 0.0998. The van der Waals surface area contributed by atoms with Gasteiger partial charge in [-0.3, -0.25) is 14.4 Å². The molecule has 7 nitrogen and oxygen atoms in total. The number of piperidine rings is 1. The molecule has 1 aromatic carbocycles. The average Bonchev–Trinajstić information content (AvgIpc) is 3.04. The van der Waals surface area contributed by atoms with Gasteiger partial charge < -0.3 is 15.5 Å². The van der Waals surface area contributed by atoms with E-state index >= 15 is 0 Å². The Morgan fingerprint density at radius 1 is 1.12 bits per heavy atom. The van der Waals surface area contributed by atoms with E-state index in [1.807, 2.05) is 20.0 Å². The van der Waals surface area contributed by atoms with Gasteiger partial charge in [0.25, 0.3) is 5.91 Å². The van der Waals surface area contributed by atoms with E-state index in [1.165, 1.54) is 5.56 Å². The molecule has 1 saturated carbocycles. The van der Waals surface area contributed by atoms with Crippen molar-refractivity contribution in [2.75, 3.05) is 19.6 Å². The molecule has 174 valence electrons. The molecular formula is C25H36N4O3. The van der Waals surface area contributed by atoms with Gasteiger partial charge in [-0.2, -0.15) is 5.10 Å². The van der Waals surface area contributed by atoms with Crippen LogP contribution < -0.4 is 5.32 Å². The zero-order valence-corrected chi connectivity index (χ0v) is 19.2. The number of amides is 1. The number of hydrogen-bond acceptors (Lipinski definition) is 5. The fourth-order valence-electron chi connectivity index (χ4n) is 5.53. The lowest BCUT2D eigenvalue weighted by atomic mass is 9.74. The molecule has 2 aromatic rings. The maximum atomic E-state index is 12.9. The molecular weight excluding hydrogens is 404 g/mol. The van der Waals surface area contributed by atoms with Crippen LogP contribution in [0.2, 0.25) is 0 Å². The van der Waals surface area contributed by atoms with Crippen molar-refractivity contribution in [3.05, 3.63) is 53.3 Å². The standard InChI is InChI=1S/C25H36N4O3/c1-18-21(16-28(2)27-18)24(32)26-17-25(19-6-4-3-5-7-19)12-8-22(23(31)9-13-25)29-14-10-20(30)11-15-29/h3-7,16,20,22-23,30-31H,8-15,17H2,1-2H3,(H,26,32)/t22-,23-,25-/m0/s1. The third-order valence-electron chi connectivity index (χ3n) is 7.48. The van der Waals surface area contributed by atoms with Crippen molar-refractivity contribution in [3.8, 4) is 0 Å². The lowest BCUT2D eigenvalue weighted by molar-refractivity contribution is 0.00482. The smallest absolute Gasteiger partial charge is 0.254 e. The third kappa shape index (κ3) is 4.90. The van der Waals surface area contributed by atoms with Crippen molar-refractivity contribution in [1.82, 2.24) is 20.0 Å². The van der Waals surface area contributed by atoms with Crippen LogP contribution in [0.25, 0.3) is 0 Å². The van der Waals surface area contributed by atoms with Gasteiger partial charge in [0.2, 0.25) is 0 Å². The van der Waals surface area contributed by atoms with Crippen molar-refractivity contribution in [3.63, 3.8) is 0 Å². The summed E-state index contributed by atoms with van der Waals surface area (Å²) in [5.74, 6) is -0.0998. The van der Waals surface area contributed by atoms with Crippen molar-refractivity contribution in [1.29, 1.82) is 0 Å². The molecule has 1 aromatic heterocycles. The maximum Gasteiger partial charge on any atom is 0.254 e. The maximum absolute atomic E-state index is 12.9. The van der Waals surface area contributed by atoms with Crippen LogP contribution in [0.4, 0.5) is 0 Å². The predicted octanol–water partition coefficient (Wildman–Crippen LogP) is 2.16. The minimum Gasteiger partial charge on any atom is -0.393 e. The number of aryl methyl sites for hydroxylation is 2. The number of carbonyl (C=O) groups excluding carboxylic acids is 1. The molecule has 4 rings (SSSR count). The molecule has 0 spiro atoms. The van der Waals surface area contributed by atoms with Crippen LogP contribution in [0.15, 0.2) is 36.5 Å². The summed E-state index contributed by atoms with van der Waals surface area (Å²) in [5, 5.41) is 28.4. The second-order valence-electron chi connectivity index (χ2n) is 9.61. The molecule has 0 unspecified atom stereocenters. The Kier molecular flexibility index (Phi) is 6.98. The van der Waals surface area contributed by atoms with Gasteiger partial charge in [-0.15, -0.1) is 0 Å². The molecule has 1 saturated heterocycles. The zero-order chi connectivity index (χ0) is 22.7. The highest BCUT2D eigenvalue weighted by Gasteiger charge is 2.40. The van der Waals surface area contributed by atoms with Gasteiger partial charge in [0.1, 0.15) is 0 Å². The molecule has 7 heteroatoms. The number of aliphatic hydroxyl groups excluding tert-OH is 2. The normalized spacial score (nSPS) is 27.8. The second kappa shape index (κ2) is 9.73. The Balaban J connectivity index is 1.53. The van der Waals surface area contributed by atoms with Gasteiger partial charge in [0.05, 0.1) is 23.5 Å². The van der Waals surface area contributed by atoms with E-state index in [9.17, 15) is 15.0 Å². The summed E-state index contributed by atoms with van der Waals surface area (Å²) in [6.45, 7) is 4.04. The van der Waals surface area contributed by atoms with E-state index in [0.717, 1.165) is 50.9 Å². The molecule has 3 atom stereocenters. The Labute approximate surface area is 190 Å². The first kappa shape index (κ1) is 23.0. The monoisotopic (exact) mass is 440 g/mol. The summed E-state index contributed by atoms with van der Waals surface area (Å²) >= 11 is 0. The van der Waals surface area contributed by atoms with Crippen molar-refractivity contribution in [2.45, 2.75) is 69.1 Å². The number of nitrogens with one attached hydrogen (secondary N) is 1. The van der Waals surface area contributed by atoms with Gasteiger partial charge in [0.15, 0.2) is 0 Å². The molecule has 2 aliphatic rings. The highest BCUT2D eigenvalue weighted by Crippen LogP contribution is 2.39. The van der Waals surface area contributed by atoms with E-state index in [0.29, 0.717) is 18.5 Å². The SMILES string of the molecule is Cc1nn(C)cc1C(=O)NC[C@@]1(c2ccccc2)CC[C@H](O)[C@@H](N2CCC(O)CC2)CC1. The molecule has 3 N–H and O–H groups in total. The highest BCUT2D eigenvalue weighted by molar-refractivity contribution is 5.95. The van der Waals surface area contributed by atoms with Crippen LogP contribution in [0, 0.1) is 6.92 Å². The molecule has 1 amide bonds. The van der Waals surface area contributed by atoms with Gasteiger partial charge in [-0.25, -0.2) is 0 Å².